The maximum absolute atomic E-state index is 12.0. The van der Waals surface area contributed by atoms with Crippen LogP contribution >= 0.6 is 0 Å². The van der Waals surface area contributed by atoms with Crippen molar-refractivity contribution in [3.05, 3.63) is 20.8 Å². The van der Waals surface area contributed by atoms with E-state index in [0.29, 0.717) is 18.1 Å². The first kappa shape index (κ1) is 14.5. The van der Waals surface area contributed by atoms with E-state index < -0.39 is 22.0 Å². The summed E-state index contributed by atoms with van der Waals surface area (Å²) in [5, 5.41) is 2.94. The highest BCUT2D eigenvalue weighted by Gasteiger charge is 2.14. The molecule has 0 aromatic carbocycles. The summed E-state index contributed by atoms with van der Waals surface area (Å²) in [6.45, 7) is 2.30. The van der Waals surface area contributed by atoms with Crippen LogP contribution in [0, 0.1) is 0 Å². The van der Waals surface area contributed by atoms with Gasteiger partial charge in [0.1, 0.15) is 0 Å². The molecule has 2 unspecified atom stereocenters. The molecule has 0 radical (unpaired) electrons. The van der Waals surface area contributed by atoms with Gasteiger partial charge < -0.3 is 10.3 Å². The van der Waals surface area contributed by atoms with Gasteiger partial charge in [0.25, 0.3) is 5.56 Å². The number of anilines is 1. The van der Waals surface area contributed by atoms with Crippen LogP contribution in [0.15, 0.2) is 9.59 Å². The summed E-state index contributed by atoms with van der Waals surface area (Å²) in [5.41, 5.74) is -0.285. The zero-order chi connectivity index (χ0) is 15.0. The van der Waals surface area contributed by atoms with Crippen LogP contribution in [0.1, 0.15) is 6.92 Å². The smallest absolute Gasteiger partial charge is 0.332 e. The largest absolute Gasteiger partial charge is 0.355 e. The standard InChI is InChI=1S/C11H17N5O3S/c1-6(20(4)19)5-12-10-13-7-8(14-10)15(2)11(18)16(3)9(7)17/h6H,5H2,1-4H3,(H2,12,13,14). The summed E-state index contributed by atoms with van der Waals surface area (Å²) in [4.78, 5) is 30.8. The Labute approximate surface area is 117 Å². The van der Waals surface area contributed by atoms with E-state index in [9.17, 15) is 13.8 Å². The van der Waals surface area contributed by atoms with Crippen LogP contribution < -0.4 is 16.6 Å². The number of aromatic amines is 1. The minimum Gasteiger partial charge on any atom is -0.355 e. The highest BCUT2D eigenvalue weighted by molar-refractivity contribution is 7.84. The molecule has 2 aromatic heterocycles. The third-order valence-corrected chi connectivity index (χ3v) is 4.52. The van der Waals surface area contributed by atoms with Gasteiger partial charge in [-0.3, -0.25) is 18.1 Å². The Hall–Kier alpha value is -1.90. The quantitative estimate of drug-likeness (QED) is 0.765. The number of fused-ring (bicyclic) bond motifs is 1. The molecule has 2 N–H and O–H groups in total. The highest BCUT2D eigenvalue weighted by atomic mass is 32.2. The molecule has 2 rings (SSSR count). The first-order valence-electron chi connectivity index (χ1n) is 6.04. The zero-order valence-electron chi connectivity index (χ0n) is 11.8. The van der Waals surface area contributed by atoms with Gasteiger partial charge >= 0.3 is 5.69 Å². The highest BCUT2D eigenvalue weighted by Crippen LogP contribution is 2.08. The van der Waals surface area contributed by atoms with Crippen molar-refractivity contribution < 1.29 is 4.21 Å². The Balaban J connectivity index is 2.42. The number of nitrogens with one attached hydrogen (secondary N) is 2. The predicted molar refractivity (Wildman–Crippen MR) is 78.6 cm³/mol. The van der Waals surface area contributed by atoms with E-state index in [1.165, 1.54) is 11.6 Å². The molecule has 0 saturated heterocycles. The monoisotopic (exact) mass is 299 g/mol. The number of nitrogens with zero attached hydrogens (tertiary/aromatic N) is 3. The summed E-state index contributed by atoms with van der Waals surface area (Å²) < 4.78 is 13.6. The van der Waals surface area contributed by atoms with E-state index in [0.717, 1.165) is 4.57 Å². The van der Waals surface area contributed by atoms with Crippen LogP contribution in [0.2, 0.25) is 0 Å². The molecule has 8 nitrogen and oxygen atoms in total. The second-order valence-electron chi connectivity index (χ2n) is 4.68. The molecule has 0 bridgehead atoms. The molecule has 9 heteroatoms. The molecule has 2 atom stereocenters. The fourth-order valence-electron chi connectivity index (χ4n) is 1.77. The number of rotatable bonds is 4. The van der Waals surface area contributed by atoms with Gasteiger partial charge in [0.2, 0.25) is 5.95 Å². The molecule has 0 amide bonds. The Morgan fingerprint density at radius 1 is 1.35 bits per heavy atom. The van der Waals surface area contributed by atoms with E-state index in [1.807, 2.05) is 6.92 Å². The van der Waals surface area contributed by atoms with Crippen LogP contribution in [-0.2, 0) is 24.9 Å². The molecule has 0 spiro atoms. The van der Waals surface area contributed by atoms with E-state index in [4.69, 9.17) is 0 Å². The van der Waals surface area contributed by atoms with Crippen molar-refractivity contribution in [2.24, 2.45) is 14.1 Å². The lowest BCUT2D eigenvalue weighted by molar-refractivity contribution is 0.678. The summed E-state index contributed by atoms with van der Waals surface area (Å²) in [6.07, 6.45) is 1.63. The Morgan fingerprint density at radius 3 is 2.60 bits per heavy atom. The van der Waals surface area contributed by atoms with Crippen LogP contribution in [0.3, 0.4) is 0 Å². The average Bonchev–Trinajstić information content (AvgIpc) is 2.84. The molecule has 0 fully saturated rings. The molecule has 0 aliphatic rings. The normalized spacial score (nSPS) is 14.4. The number of aryl methyl sites for hydroxylation is 1. The van der Waals surface area contributed by atoms with Crippen LogP contribution in [0.25, 0.3) is 11.2 Å². The van der Waals surface area contributed by atoms with Crippen molar-refractivity contribution in [3.8, 4) is 0 Å². The minimum absolute atomic E-state index is 0.0464. The van der Waals surface area contributed by atoms with Gasteiger partial charge in [-0.1, -0.05) is 0 Å². The maximum atomic E-state index is 12.0. The van der Waals surface area contributed by atoms with E-state index in [1.54, 1.807) is 13.3 Å². The molecule has 0 aliphatic heterocycles. The lowest BCUT2D eigenvalue weighted by Gasteiger charge is -2.08. The number of hydrogen-bond donors (Lipinski definition) is 2. The fourth-order valence-corrected chi connectivity index (χ4v) is 2.09. The summed E-state index contributed by atoms with van der Waals surface area (Å²) >= 11 is 0. The van der Waals surface area contributed by atoms with Crippen molar-refractivity contribution in [3.63, 3.8) is 0 Å². The first-order chi connectivity index (χ1) is 9.32. The van der Waals surface area contributed by atoms with Gasteiger partial charge in [0, 0.05) is 42.9 Å². The van der Waals surface area contributed by atoms with Gasteiger partial charge in [-0.05, 0) is 6.92 Å². The summed E-state index contributed by atoms with van der Waals surface area (Å²) in [5.74, 6) is 0.385. The molecular weight excluding hydrogens is 282 g/mol. The number of H-pyrrole nitrogens is 1. The molecule has 2 aromatic rings. The number of hydrogen-bond acceptors (Lipinski definition) is 5. The third kappa shape index (κ3) is 2.40. The van der Waals surface area contributed by atoms with Gasteiger partial charge in [-0.2, -0.15) is 4.98 Å². The number of imidazole rings is 1. The molecular formula is C11H17N5O3S. The van der Waals surface area contributed by atoms with Crippen molar-refractivity contribution in [2.75, 3.05) is 18.1 Å². The summed E-state index contributed by atoms with van der Waals surface area (Å²) in [6, 6.07) is 0. The molecule has 0 saturated carbocycles. The van der Waals surface area contributed by atoms with Crippen LogP contribution in [0.5, 0.6) is 0 Å². The van der Waals surface area contributed by atoms with Crippen LogP contribution in [-0.4, -0.2) is 41.4 Å². The Morgan fingerprint density at radius 2 is 2.00 bits per heavy atom. The molecule has 20 heavy (non-hydrogen) atoms. The second-order valence-corrected chi connectivity index (χ2v) is 6.48. The van der Waals surface area contributed by atoms with Crippen molar-refractivity contribution in [2.45, 2.75) is 12.2 Å². The van der Waals surface area contributed by atoms with Gasteiger partial charge in [-0.15, -0.1) is 0 Å². The second kappa shape index (κ2) is 5.23. The van der Waals surface area contributed by atoms with Crippen molar-refractivity contribution in [1.29, 1.82) is 0 Å². The third-order valence-electron chi connectivity index (χ3n) is 3.22. The van der Waals surface area contributed by atoms with Gasteiger partial charge in [-0.25, -0.2) is 4.79 Å². The average molecular weight is 299 g/mol. The van der Waals surface area contributed by atoms with E-state index in [2.05, 4.69) is 15.3 Å². The van der Waals surface area contributed by atoms with E-state index in [-0.39, 0.29) is 10.8 Å². The maximum Gasteiger partial charge on any atom is 0.332 e. The molecule has 2 heterocycles. The molecule has 0 aliphatic carbocycles. The Bertz CT molecular complexity index is 788. The van der Waals surface area contributed by atoms with Gasteiger partial charge in [0.05, 0.1) is 0 Å². The first-order valence-corrected chi connectivity index (χ1v) is 7.67. The predicted octanol–water partition coefficient (Wildman–Crippen LogP) is -0.861. The topological polar surface area (TPSA) is 102 Å². The minimum atomic E-state index is -0.943. The van der Waals surface area contributed by atoms with E-state index >= 15 is 0 Å². The number of aromatic nitrogens is 4. The Kier molecular flexibility index (Phi) is 3.80. The van der Waals surface area contributed by atoms with Gasteiger partial charge in [0.15, 0.2) is 11.2 Å². The zero-order valence-corrected chi connectivity index (χ0v) is 12.6. The summed E-state index contributed by atoms with van der Waals surface area (Å²) in [7, 11) is 2.03. The SMILES string of the molecule is CC(CNc1nc2c([nH]1)c(=O)n(C)c(=O)n2C)S(C)=O. The van der Waals surface area contributed by atoms with Crippen molar-refractivity contribution in [1.82, 2.24) is 19.1 Å². The fraction of sp³-hybridized carbons (Fsp3) is 0.545. The van der Waals surface area contributed by atoms with Crippen LogP contribution in [0.4, 0.5) is 5.95 Å². The van der Waals surface area contributed by atoms with Crippen molar-refractivity contribution >= 4 is 27.9 Å². The lowest BCUT2D eigenvalue weighted by Crippen LogP contribution is -2.36. The molecule has 110 valence electrons. The lowest BCUT2D eigenvalue weighted by atomic mass is 10.5.